The second-order valence-electron chi connectivity index (χ2n) is 9.57. The van der Waals surface area contributed by atoms with Crippen LogP contribution < -0.4 is 14.9 Å². The maximum atomic E-state index is 13.7. The fraction of sp³-hybridized carbons (Fsp3) is 0.448. The number of ether oxygens (including phenoxy) is 2. The predicted octanol–water partition coefficient (Wildman–Crippen LogP) is 5.91. The van der Waals surface area contributed by atoms with E-state index >= 15 is 0 Å². The summed E-state index contributed by atoms with van der Waals surface area (Å²) in [5.74, 6) is 1.06. The number of amides is 1. The zero-order valence-electron chi connectivity index (χ0n) is 22.0. The van der Waals surface area contributed by atoms with Gasteiger partial charge in [-0.2, -0.15) is 0 Å². The Morgan fingerprint density at radius 3 is 2.54 bits per heavy atom. The van der Waals surface area contributed by atoms with Crippen LogP contribution in [0.3, 0.4) is 0 Å². The van der Waals surface area contributed by atoms with Crippen molar-refractivity contribution in [1.29, 1.82) is 0 Å². The van der Waals surface area contributed by atoms with Crippen molar-refractivity contribution < 1.29 is 18.7 Å². The smallest absolute Gasteiger partial charge is 0.290 e. The number of rotatable bonds is 12. The van der Waals surface area contributed by atoms with Crippen molar-refractivity contribution in [2.24, 2.45) is 0 Å². The summed E-state index contributed by atoms with van der Waals surface area (Å²) in [6.45, 7) is 6.42. The molecule has 3 aromatic rings. The number of halogens is 1. The molecule has 0 bridgehead atoms. The van der Waals surface area contributed by atoms with Crippen molar-refractivity contribution >= 4 is 28.5 Å². The largest absolute Gasteiger partial charge is 0.490 e. The van der Waals surface area contributed by atoms with Crippen LogP contribution in [0.5, 0.6) is 11.5 Å². The van der Waals surface area contributed by atoms with E-state index in [4.69, 9.17) is 25.5 Å². The van der Waals surface area contributed by atoms with E-state index < -0.39 is 6.04 Å². The van der Waals surface area contributed by atoms with Gasteiger partial charge in [0.05, 0.1) is 30.2 Å². The van der Waals surface area contributed by atoms with E-state index in [-0.39, 0.29) is 17.1 Å². The number of unbranched alkanes of at least 4 members (excludes halogenated alkanes) is 2. The van der Waals surface area contributed by atoms with E-state index in [9.17, 15) is 9.59 Å². The summed E-state index contributed by atoms with van der Waals surface area (Å²) in [5, 5.41) is 0.798. The Labute approximate surface area is 222 Å². The molecule has 2 heterocycles. The molecule has 0 spiro atoms. The summed E-state index contributed by atoms with van der Waals surface area (Å²) in [6, 6.07) is 9.94. The van der Waals surface area contributed by atoms with Gasteiger partial charge in [0.25, 0.3) is 5.91 Å². The van der Waals surface area contributed by atoms with Gasteiger partial charge in [-0.05, 0) is 76.3 Å². The topological polar surface area (TPSA) is 72.2 Å². The van der Waals surface area contributed by atoms with E-state index in [0.717, 1.165) is 37.8 Å². The fourth-order valence-corrected chi connectivity index (χ4v) is 4.92. The number of benzene rings is 2. The van der Waals surface area contributed by atoms with Crippen molar-refractivity contribution in [3.8, 4) is 11.5 Å². The van der Waals surface area contributed by atoms with Crippen molar-refractivity contribution in [2.45, 2.75) is 45.6 Å². The molecule has 0 radical (unpaired) electrons. The molecule has 4 rings (SSSR count). The van der Waals surface area contributed by atoms with E-state index in [2.05, 4.69) is 11.8 Å². The first kappa shape index (κ1) is 27.0. The van der Waals surface area contributed by atoms with Gasteiger partial charge in [-0.1, -0.05) is 37.4 Å². The van der Waals surface area contributed by atoms with E-state index in [1.807, 2.05) is 39.2 Å². The molecule has 198 valence electrons. The first-order valence-electron chi connectivity index (χ1n) is 13.0. The Bertz CT molecular complexity index is 1320. The Morgan fingerprint density at radius 2 is 1.81 bits per heavy atom. The number of hydrogen-bond donors (Lipinski definition) is 0. The summed E-state index contributed by atoms with van der Waals surface area (Å²) < 4.78 is 17.9. The summed E-state index contributed by atoms with van der Waals surface area (Å²) in [4.78, 5) is 31.1. The van der Waals surface area contributed by atoms with Gasteiger partial charge >= 0.3 is 0 Å². The van der Waals surface area contributed by atoms with E-state index in [0.29, 0.717) is 52.8 Å². The first-order chi connectivity index (χ1) is 17.8. The summed E-state index contributed by atoms with van der Waals surface area (Å²) >= 11 is 6.19. The summed E-state index contributed by atoms with van der Waals surface area (Å²) in [6.07, 6.45) is 3.92. The SMILES string of the molecule is CCCCCOc1ccc(C2c3c(oc4ccc(Cl)cc4c3=O)C(=O)N2CCCN(C)C)cc1OCC. The maximum Gasteiger partial charge on any atom is 0.290 e. The van der Waals surface area contributed by atoms with Gasteiger partial charge < -0.3 is 23.7 Å². The fourth-order valence-electron chi connectivity index (χ4n) is 4.74. The van der Waals surface area contributed by atoms with Crippen molar-refractivity contribution in [3.05, 3.63) is 68.5 Å². The van der Waals surface area contributed by atoms with Gasteiger partial charge in [0.1, 0.15) is 5.58 Å². The van der Waals surface area contributed by atoms with Crippen LogP contribution in [0.4, 0.5) is 0 Å². The highest BCUT2D eigenvalue weighted by molar-refractivity contribution is 6.31. The standard InChI is InChI=1S/C29H35ClN2O5/c1-5-7-8-16-36-23-12-10-19(17-24(23)35-6-2)26-25-27(33)21-18-20(30)11-13-22(21)37-28(25)29(34)32(26)15-9-14-31(3)4/h10-13,17-18,26H,5-9,14-16H2,1-4H3. The molecule has 0 fully saturated rings. The lowest BCUT2D eigenvalue weighted by molar-refractivity contribution is 0.0722. The maximum absolute atomic E-state index is 13.7. The Hall–Kier alpha value is -3.03. The average molecular weight is 527 g/mol. The first-order valence-corrected chi connectivity index (χ1v) is 13.3. The van der Waals surface area contributed by atoms with Gasteiger partial charge in [0.15, 0.2) is 16.9 Å². The highest BCUT2D eigenvalue weighted by atomic mass is 35.5. The van der Waals surface area contributed by atoms with Crippen LogP contribution in [0, 0.1) is 0 Å². The lowest BCUT2D eigenvalue weighted by Gasteiger charge is -2.26. The zero-order valence-corrected chi connectivity index (χ0v) is 22.8. The molecule has 0 aliphatic carbocycles. The second kappa shape index (κ2) is 12.0. The Morgan fingerprint density at radius 1 is 1.00 bits per heavy atom. The van der Waals surface area contributed by atoms with Crippen molar-refractivity contribution in [3.63, 3.8) is 0 Å². The van der Waals surface area contributed by atoms with Crippen LogP contribution in [0.25, 0.3) is 11.0 Å². The van der Waals surface area contributed by atoms with Gasteiger partial charge in [-0.3, -0.25) is 9.59 Å². The minimum atomic E-state index is -0.599. The van der Waals surface area contributed by atoms with Crippen LogP contribution >= 0.6 is 11.6 Å². The molecule has 1 amide bonds. The zero-order chi connectivity index (χ0) is 26.5. The number of carbonyl (C=O) groups excluding carboxylic acids is 1. The molecular weight excluding hydrogens is 492 g/mol. The third kappa shape index (κ3) is 5.78. The molecule has 1 aliphatic rings. The molecule has 7 nitrogen and oxygen atoms in total. The van der Waals surface area contributed by atoms with Gasteiger partial charge in [-0.25, -0.2) is 0 Å². The summed E-state index contributed by atoms with van der Waals surface area (Å²) in [7, 11) is 3.99. The van der Waals surface area contributed by atoms with Crippen LogP contribution in [-0.4, -0.2) is 56.1 Å². The average Bonchev–Trinajstić information content (AvgIpc) is 3.15. The second-order valence-corrected chi connectivity index (χ2v) is 10.0. The summed E-state index contributed by atoms with van der Waals surface area (Å²) in [5.41, 5.74) is 1.21. The highest BCUT2D eigenvalue weighted by Gasteiger charge is 2.42. The van der Waals surface area contributed by atoms with Crippen LogP contribution in [-0.2, 0) is 0 Å². The normalized spacial score (nSPS) is 15.0. The predicted molar refractivity (Wildman–Crippen MR) is 146 cm³/mol. The quantitative estimate of drug-likeness (QED) is 0.273. The van der Waals surface area contributed by atoms with E-state index in [1.54, 1.807) is 23.1 Å². The van der Waals surface area contributed by atoms with Gasteiger partial charge in [0.2, 0.25) is 5.76 Å². The third-order valence-electron chi connectivity index (χ3n) is 6.52. The molecule has 0 N–H and O–H groups in total. The Balaban J connectivity index is 1.80. The molecule has 1 aliphatic heterocycles. The highest BCUT2D eigenvalue weighted by Crippen LogP contribution is 2.41. The molecule has 0 saturated carbocycles. The number of fused-ring (bicyclic) bond motifs is 2. The molecule has 1 atom stereocenters. The van der Waals surface area contributed by atoms with Crippen molar-refractivity contribution in [1.82, 2.24) is 9.80 Å². The minimum Gasteiger partial charge on any atom is -0.490 e. The lowest BCUT2D eigenvalue weighted by atomic mass is 9.98. The molecule has 8 heteroatoms. The van der Waals surface area contributed by atoms with E-state index in [1.165, 1.54) is 0 Å². The monoisotopic (exact) mass is 526 g/mol. The molecule has 37 heavy (non-hydrogen) atoms. The Kier molecular flexibility index (Phi) is 8.77. The number of carbonyl (C=O) groups is 1. The van der Waals surface area contributed by atoms with Gasteiger partial charge in [-0.15, -0.1) is 0 Å². The number of nitrogens with zero attached hydrogens (tertiary/aromatic N) is 2. The third-order valence-corrected chi connectivity index (χ3v) is 6.76. The molecule has 1 unspecified atom stereocenters. The number of hydrogen-bond acceptors (Lipinski definition) is 6. The van der Waals surface area contributed by atoms with Crippen LogP contribution in [0.15, 0.2) is 45.6 Å². The molecule has 2 aromatic carbocycles. The lowest BCUT2D eigenvalue weighted by Crippen LogP contribution is -2.32. The minimum absolute atomic E-state index is 0.0903. The van der Waals surface area contributed by atoms with Crippen LogP contribution in [0.2, 0.25) is 5.02 Å². The molecule has 1 aromatic heterocycles. The van der Waals surface area contributed by atoms with Crippen LogP contribution in [0.1, 0.15) is 67.3 Å². The van der Waals surface area contributed by atoms with Gasteiger partial charge in [0, 0.05) is 11.6 Å². The van der Waals surface area contributed by atoms with Crippen molar-refractivity contribution in [2.75, 3.05) is 40.4 Å². The molecule has 0 saturated heterocycles. The molecular formula is C29H35ClN2O5.